The van der Waals surface area contributed by atoms with E-state index in [0.717, 1.165) is 11.0 Å². The molecule has 0 saturated heterocycles. The van der Waals surface area contributed by atoms with Crippen molar-refractivity contribution in [3.05, 3.63) is 30.1 Å². The van der Waals surface area contributed by atoms with Crippen molar-refractivity contribution in [1.29, 1.82) is 0 Å². The lowest BCUT2D eigenvalue weighted by molar-refractivity contribution is 0.593. The van der Waals surface area contributed by atoms with Gasteiger partial charge in [-0.1, -0.05) is 12.1 Å². The van der Waals surface area contributed by atoms with E-state index in [2.05, 4.69) is 4.98 Å². The summed E-state index contributed by atoms with van der Waals surface area (Å²) in [6.45, 7) is 2.21. The number of hydrogen-bond acceptors (Lipinski definition) is 3. The maximum Gasteiger partial charge on any atom is 0.149 e. The van der Waals surface area contributed by atoms with Gasteiger partial charge in [-0.15, -0.1) is 11.6 Å². The molecular formula is C12H15ClN2O2S. The second-order valence-corrected chi connectivity index (χ2v) is 7.27. The Balaban J connectivity index is 2.48. The molecule has 0 aliphatic heterocycles. The first-order valence-corrected chi connectivity index (χ1v) is 8.15. The molecule has 1 aromatic carbocycles. The van der Waals surface area contributed by atoms with E-state index in [4.69, 9.17) is 11.6 Å². The van der Waals surface area contributed by atoms with Gasteiger partial charge in [0.25, 0.3) is 0 Å². The fraction of sp³-hybridized carbons (Fsp3) is 0.417. The lowest BCUT2D eigenvalue weighted by atomic mass is 10.3. The third kappa shape index (κ3) is 2.84. The molecule has 98 valence electrons. The molecule has 0 spiro atoms. The fourth-order valence-corrected chi connectivity index (χ4v) is 2.57. The second-order valence-electron chi connectivity index (χ2n) is 4.36. The minimum atomic E-state index is -3.00. The molecule has 4 nitrogen and oxygen atoms in total. The molecule has 0 aliphatic rings. The number of fused-ring (bicyclic) bond motifs is 1. The Morgan fingerprint density at radius 3 is 2.67 bits per heavy atom. The van der Waals surface area contributed by atoms with Crippen LogP contribution in [0.2, 0.25) is 0 Å². The van der Waals surface area contributed by atoms with Crippen molar-refractivity contribution >= 4 is 32.5 Å². The number of rotatable bonds is 4. The minimum Gasteiger partial charge on any atom is -0.326 e. The van der Waals surface area contributed by atoms with Gasteiger partial charge in [-0.05, 0) is 19.1 Å². The van der Waals surface area contributed by atoms with Crippen molar-refractivity contribution in [3.63, 3.8) is 0 Å². The highest BCUT2D eigenvalue weighted by Gasteiger charge is 2.15. The molecule has 0 radical (unpaired) electrons. The largest absolute Gasteiger partial charge is 0.326 e. The molecule has 0 bridgehead atoms. The molecule has 2 rings (SSSR count). The Bertz CT molecular complexity index is 662. The Morgan fingerprint density at radius 2 is 2.06 bits per heavy atom. The third-order valence-corrected chi connectivity index (χ3v) is 3.84. The summed E-state index contributed by atoms with van der Waals surface area (Å²) in [4.78, 5) is 4.45. The standard InChI is InChI=1S/C12H15ClN2O2S/c1-9(13)12-14-10-5-3-4-6-11(10)15(12)7-8-18(2,16)17/h3-6,9H,7-8H2,1-2H3. The first-order valence-electron chi connectivity index (χ1n) is 5.65. The van der Waals surface area contributed by atoms with E-state index < -0.39 is 9.84 Å². The fourth-order valence-electron chi connectivity index (χ4n) is 1.89. The molecule has 18 heavy (non-hydrogen) atoms. The van der Waals surface area contributed by atoms with Gasteiger partial charge < -0.3 is 4.57 Å². The topological polar surface area (TPSA) is 52.0 Å². The van der Waals surface area contributed by atoms with E-state index in [9.17, 15) is 8.42 Å². The smallest absolute Gasteiger partial charge is 0.149 e. The van der Waals surface area contributed by atoms with Gasteiger partial charge >= 0.3 is 0 Å². The van der Waals surface area contributed by atoms with Crippen LogP contribution in [0.4, 0.5) is 0 Å². The minimum absolute atomic E-state index is 0.0873. The van der Waals surface area contributed by atoms with E-state index in [1.807, 2.05) is 35.8 Å². The molecule has 0 amide bonds. The van der Waals surface area contributed by atoms with Gasteiger partial charge in [0.1, 0.15) is 15.7 Å². The summed E-state index contributed by atoms with van der Waals surface area (Å²) >= 11 is 6.10. The van der Waals surface area contributed by atoms with E-state index in [0.29, 0.717) is 12.4 Å². The van der Waals surface area contributed by atoms with Crippen LogP contribution in [0.3, 0.4) is 0 Å². The zero-order chi connectivity index (χ0) is 13.3. The maximum atomic E-state index is 11.3. The average Bonchev–Trinajstić information content (AvgIpc) is 2.64. The third-order valence-electron chi connectivity index (χ3n) is 2.73. The second kappa shape index (κ2) is 4.90. The predicted molar refractivity (Wildman–Crippen MR) is 73.7 cm³/mol. The summed E-state index contributed by atoms with van der Waals surface area (Å²) in [5.74, 6) is 0.797. The molecule has 1 heterocycles. The maximum absolute atomic E-state index is 11.3. The molecule has 0 aliphatic carbocycles. The van der Waals surface area contributed by atoms with Gasteiger partial charge in [0, 0.05) is 12.8 Å². The van der Waals surface area contributed by atoms with Crippen LogP contribution >= 0.6 is 11.6 Å². The van der Waals surface area contributed by atoms with E-state index in [1.54, 1.807) is 0 Å². The van der Waals surface area contributed by atoms with Gasteiger partial charge in [0.2, 0.25) is 0 Å². The number of imidazole rings is 1. The highest BCUT2D eigenvalue weighted by Crippen LogP contribution is 2.24. The van der Waals surface area contributed by atoms with Crippen molar-refractivity contribution in [3.8, 4) is 0 Å². The van der Waals surface area contributed by atoms with Gasteiger partial charge in [-0.25, -0.2) is 13.4 Å². The first-order chi connectivity index (χ1) is 8.38. The molecule has 6 heteroatoms. The summed E-state index contributed by atoms with van der Waals surface area (Å²) in [7, 11) is -3.00. The van der Waals surface area contributed by atoms with Crippen LogP contribution in [0.15, 0.2) is 24.3 Å². The van der Waals surface area contributed by atoms with Crippen molar-refractivity contribution < 1.29 is 8.42 Å². The molecule has 0 saturated carbocycles. The number of benzene rings is 1. The summed E-state index contributed by atoms with van der Waals surface area (Å²) in [5, 5.41) is -0.253. The van der Waals surface area contributed by atoms with Gasteiger partial charge in [0.15, 0.2) is 0 Å². The van der Waals surface area contributed by atoms with Crippen molar-refractivity contribution in [2.45, 2.75) is 18.8 Å². The summed E-state index contributed by atoms with van der Waals surface area (Å²) < 4.78 is 24.4. The lowest BCUT2D eigenvalue weighted by Gasteiger charge is -2.09. The highest BCUT2D eigenvalue weighted by molar-refractivity contribution is 7.90. The van der Waals surface area contributed by atoms with E-state index in [-0.39, 0.29) is 11.1 Å². The van der Waals surface area contributed by atoms with E-state index in [1.165, 1.54) is 6.26 Å². The van der Waals surface area contributed by atoms with Crippen LogP contribution in [0.1, 0.15) is 18.1 Å². The number of hydrogen-bond donors (Lipinski definition) is 0. The quantitative estimate of drug-likeness (QED) is 0.811. The number of aromatic nitrogens is 2. The van der Waals surface area contributed by atoms with Crippen LogP contribution in [0, 0.1) is 0 Å². The number of sulfone groups is 1. The van der Waals surface area contributed by atoms with E-state index >= 15 is 0 Å². The molecule has 1 aromatic heterocycles. The van der Waals surface area contributed by atoms with Crippen LogP contribution in [-0.4, -0.2) is 30.0 Å². The number of para-hydroxylation sites is 2. The summed E-state index contributed by atoms with van der Waals surface area (Å²) in [6.07, 6.45) is 1.23. The zero-order valence-electron chi connectivity index (χ0n) is 10.3. The number of alkyl halides is 1. The van der Waals surface area contributed by atoms with Crippen LogP contribution in [0.25, 0.3) is 11.0 Å². The SMILES string of the molecule is CC(Cl)c1nc2ccccc2n1CCS(C)(=O)=O. The summed E-state index contributed by atoms with van der Waals surface area (Å²) in [5.41, 5.74) is 1.76. The Labute approximate surface area is 112 Å². The van der Waals surface area contributed by atoms with Crippen molar-refractivity contribution in [2.24, 2.45) is 0 Å². The van der Waals surface area contributed by atoms with Crippen LogP contribution in [0.5, 0.6) is 0 Å². The van der Waals surface area contributed by atoms with Crippen LogP contribution < -0.4 is 0 Å². The molecule has 0 fully saturated rings. The molecular weight excluding hydrogens is 272 g/mol. The number of aryl methyl sites for hydroxylation is 1. The normalized spacial score (nSPS) is 13.9. The van der Waals surface area contributed by atoms with Crippen molar-refractivity contribution in [1.82, 2.24) is 9.55 Å². The highest BCUT2D eigenvalue weighted by atomic mass is 35.5. The average molecular weight is 287 g/mol. The van der Waals surface area contributed by atoms with Gasteiger partial charge in [-0.3, -0.25) is 0 Å². The molecule has 2 aromatic rings. The number of nitrogens with zero attached hydrogens (tertiary/aromatic N) is 2. The number of halogens is 1. The zero-order valence-corrected chi connectivity index (χ0v) is 11.9. The lowest BCUT2D eigenvalue weighted by Crippen LogP contribution is -2.13. The first kappa shape index (κ1) is 13.4. The van der Waals surface area contributed by atoms with Crippen LogP contribution in [-0.2, 0) is 16.4 Å². The molecule has 1 unspecified atom stereocenters. The monoisotopic (exact) mass is 286 g/mol. The Hall–Kier alpha value is -1.07. The van der Waals surface area contributed by atoms with Gasteiger partial charge in [-0.2, -0.15) is 0 Å². The molecule has 0 N–H and O–H groups in total. The van der Waals surface area contributed by atoms with Gasteiger partial charge in [0.05, 0.1) is 22.2 Å². The summed E-state index contributed by atoms with van der Waals surface area (Å²) in [6, 6.07) is 7.63. The van der Waals surface area contributed by atoms with Crippen molar-refractivity contribution in [2.75, 3.05) is 12.0 Å². The predicted octanol–water partition coefficient (Wildman–Crippen LogP) is 2.38. The molecule has 1 atom stereocenters. The Kier molecular flexibility index (Phi) is 3.64. The Morgan fingerprint density at radius 1 is 1.39 bits per heavy atom.